The molecule has 0 bridgehead atoms. The molecule has 1 aliphatic rings. The van der Waals surface area contributed by atoms with E-state index in [0.717, 1.165) is 18.2 Å². The molecule has 0 aromatic heterocycles. The first-order chi connectivity index (χ1) is 11.3. The smallest absolute Gasteiger partial charge is 0.310 e. The van der Waals surface area contributed by atoms with Gasteiger partial charge in [-0.3, -0.25) is 29.8 Å². The summed E-state index contributed by atoms with van der Waals surface area (Å²) < 4.78 is 10.1. The monoisotopic (exact) mass is 338 g/mol. The molecule has 128 valence electrons. The van der Waals surface area contributed by atoms with Crippen molar-refractivity contribution in [2.24, 2.45) is 0 Å². The Labute approximate surface area is 135 Å². The van der Waals surface area contributed by atoms with Crippen molar-refractivity contribution in [3.8, 4) is 0 Å². The number of hydrogen-bond acceptors (Lipinski definition) is 8. The van der Waals surface area contributed by atoms with Crippen LogP contribution < -0.4 is 0 Å². The predicted octanol–water partition coefficient (Wildman–Crippen LogP) is 1.68. The fraction of sp³-hybridized carbons (Fsp3) is 0.429. The Bertz CT molecular complexity index is 670. The zero-order valence-electron chi connectivity index (χ0n) is 12.7. The zero-order chi connectivity index (χ0) is 17.9. The minimum absolute atomic E-state index is 0.0940. The molecule has 1 aliphatic heterocycles. The van der Waals surface area contributed by atoms with Gasteiger partial charge in [0.25, 0.3) is 11.4 Å². The number of hydrogen-bond donors (Lipinski definition) is 0. The molecule has 10 nitrogen and oxygen atoms in total. The van der Waals surface area contributed by atoms with E-state index in [1.165, 1.54) is 0 Å². The van der Waals surface area contributed by atoms with Gasteiger partial charge in [0.1, 0.15) is 12.2 Å². The maximum Gasteiger partial charge on any atom is 0.310 e. The summed E-state index contributed by atoms with van der Waals surface area (Å²) >= 11 is 0. The lowest BCUT2D eigenvalue weighted by Crippen LogP contribution is -2.29. The molecule has 2 unspecified atom stereocenters. The molecule has 10 heteroatoms. The van der Waals surface area contributed by atoms with Gasteiger partial charge in [0.2, 0.25) is 0 Å². The van der Waals surface area contributed by atoms with Crippen molar-refractivity contribution in [2.45, 2.75) is 38.4 Å². The molecule has 0 saturated carbocycles. The normalized spacial score (nSPS) is 17.9. The number of esters is 2. The van der Waals surface area contributed by atoms with Crippen molar-refractivity contribution >= 4 is 23.3 Å². The standard InChI is InChI=1S/C14H14N2O8/c1-8(12-2-3-13(17)24-12)23-14(18)6-9-4-10(15(19)20)7-11(5-9)16(21)22/h4-5,7-8,12H,2-3,6H2,1H3. The highest BCUT2D eigenvalue weighted by Gasteiger charge is 2.31. The van der Waals surface area contributed by atoms with E-state index in [9.17, 15) is 29.8 Å². The lowest BCUT2D eigenvalue weighted by atomic mass is 10.1. The summed E-state index contributed by atoms with van der Waals surface area (Å²) in [5.74, 6) is -1.09. The number of benzene rings is 1. The van der Waals surface area contributed by atoms with Gasteiger partial charge in [0.05, 0.1) is 22.3 Å². The van der Waals surface area contributed by atoms with Crippen LogP contribution in [0.25, 0.3) is 0 Å². The van der Waals surface area contributed by atoms with Crippen LogP contribution in [-0.2, 0) is 25.5 Å². The molecular weight excluding hydrogens is 324 g/mol. The van der Waals surface area contributed by atoms with E-state index in [0.29, 0.717) is 6.42 Å². The van der Waals surface area contributed by atoms with Crippen LogP contribution in [0.2, 0.25) is 0 Å². The summed E-state index contributed by atoms with van der Waals surface area (Å²) in [5, 5.41) is 21.6. The van der Waals surface area contributed by atoms with Crippen LogP contribution in [0.5, 0.6) is 0 Å². The van der Waals surface area contributed by atoms with Gasteiger partial charge < -0.3 is 9.47 Å². The molecule has 2 rings (SSSR count). The van der Waals surface area contributed by atoms with Crippen molar-refractivity contribution < 1.29 is 28.9 Å². The second kappa shape index (κ2) is 7.02. The highest BCUT2D eigenvalue weighted by atomic mass is 16.6. The topological polar surface area (TPSA) is 139 Å². The molecular formula is C14H14N2O8. The van der Waals surface area contributed by atoms with E-state index in [1.807, 2.05) is 0 Å². The number of cyclic esters (lactones) is 1. The first kappa shape index (κ1) is 17.3. The summed E-state index contributed by atoms with van der Waals surface area (Å²) in [5.41, 5.74) is -0.869. The van der Waals surface area contributed by atoms with E-state index in [-0.39, 0.29) is 24.4 Å². The number of carbonyl (C=O) groups is 2. The number of nitro groups is 2. The molecule has 1 saturated heterocycles. The average molecular weight is 338 g/mol. The van der Waals surface area contributed by atoms with Gasteiger partial charge in [0.15, 0.2) is 0 Å². The minimum Gasteiger partial charge on any atom is -0.458 e. The van der Waals surface area contributed by atoms with Gasteiger partial charge in [-0.2, -0.15) is 0 Å². The number of carbonyl (C=O) groups excluding carboxylic acids is 2. The van der Waals surface area contributed by atoms with E-state index in [1.54, 1.807) is 6.92 Å². The molecule has 1 heterocycles. The molecule has 0 N–H and O–H groups in total. The van der Waals surface area contributed by atoms with Crippen LogP contribution in [0.3, 0.4) is 0 Å². The molecule has 0 aliphatic carbocycles. The van der Waals surface area contributed by atoms with E-state index in [4.69, 9.17) is 9.47 Å². The SMILES string of the molecule is CC(OC(=O)Cc1cc([N+](=O)[O-])cc([N+](=O)[O-])c1)C1CCC(=O)O1. The molecule has 0 spiro atoms. The second-order valence-electron chi connectivity index (χ2n) is 5.31. The Morgan fingerprint density at radius 1 is 1.29 bits per heavy atom. The first-order valence-electron chi connectivity index (χ1n) is 7.08. The molecule has 1 fully saturated rings. The predicted molar refractivity (Wildman–Crippen MR) is 78.1 cm³/mol. The number of nitrogens with zero attached hydrogens (tertiary/aromatic N) is 2. The van der Waals surface area contributed by atoms with Gasteiger partial charge in [-0.25, -0.2) is 0 Å². The highest BCUT2D eigenvalue weighted by Crippen LogP contribution is 2.24. The molecule has 24 heavy (non-hydrogen) atoms. The Kier molecular flexibility index (Phi) is 5.07. The Hall–Kier alpha value is -3.04. The summed E-state index contributed by atoms with van der Waals surface area (Å²) in [6, 6.07) is 2.97. The summed E-state index contributed by atoms with van der Waals surface area (Å²) in [6.45, 7) is 1.57. The Morgan fingerprint density at radius 2 is 1.88 bits per heavy atom. The zero-order valence-corrected chi connectivity index (χ0v) is 12.7. The van der Waals surface area contributed by atoms with Crippen LogP contribution >= 0.6 is 0 Å². The van der Waals surface area contributed by atoms with Gasteiger partial charge >= 0.3 is 11.9 Å². The third-order valence-corrected chi connectivity index (χ3v) is 3.49. The number of ether oxygens (including phenoxy) is 2. The van der Waals surface area contributed by atoms with Crippen molar-refractivity contribution in [3.05, 3.63) is 44.0 Å². The minimum atomic E-state index is -0.775. The maximum atomic E-state index is 11.9. The number of rotatable bonds is 6. The molecule has 0 amide bonds. The van der Waals surface area contributed by atoms with Crippen molar-refractivity contribution in [1.29, 1.82) is 0 Å². The fourth-order valence-corrected chi connectivity index (χ4v) is 2.34. The third kappa shape index (κ3) is 4.24. The molecule has 1 aromatic rings. The average Bonchev–Trinajstić information content (AvgIpc) is 2.93. The second-order valence-corrected chi connectivity index (χ2v) is 5.31. The van der Waals surface area contributed by atoms with Crippen LogP contribution in [0, 0.1) is 20.2 Å². The Balaban J connectivity index is 2.06. The van der Waals surface area contributed by atoms with Crippen LogP contribution in [0.15, 0.2) is 18.2 Å². The highest BCUT2D eigenvalue weighted by molar-refractivity contribution is 5.74. The van der Waals surface area contributed by atoms with Gasteiger partial charge in [0, 0.05) is 18.6 Å². The van der Waals surface area contributed by atoms with Crippen LogP contribution in [-0.4, -0.2) is 34.0 Å². The lowest BCUT2D eigenvalue weighted by molar-refractivity contribution is -0.394. The lowest BCUT2D eigenvalue weighted by Gasteiger charge is -2.18. The summed E-state index contributed by atoms with van der Waals surface area (Å²) in [7, 11) is 0. The van der Waals surface area contributed by atoms with Crippen molar-refractivity contribution in [2.75, 3.05) is 0 Å². The van der Waals surface area contributed by atoms with E-state index < -0.39 is 39.4 Å². The maximum absolute atomic E-state index is 11.9. The van der Waals surface area contributed by atoms with Gasteiger partial charge in [-0.1, -0.05) is 0 Å². The quantitative estimate of drug-likeness (QED) is 0.433. The molecule has 1 aromatic carbocycles. The van der Waals surface area contributed by atoms with Crippen LogP contribution in [0.1, 0.15) is 25.3 Å². The van der Waals surface area contributed by atoms with E-state index >= 15 is 0 Å². The summed E-state index contributed by atoms with van der Waals surface area (Å²) in [4.78, 5) is 43.0. The fourth-order valence-electron chi connectivity index (χ4n) is 2.34. The van der Waals surface area contributed by atoms with Gasteiger partial charge in [-0.05, 0) is 18.9 Å². The van der Waals surface area contributed by atoms with Crippen molar-refractivity contribution in [3.63, 3.8) is 0 Å². The van der Waals surface area contributed by atoms with Crippen molar-refractivity contribution in [1.82, 2.24) is 0 Å². The Morgan fingerprint density at radius 3 is 2.33 bits per heavy atom. The van der Waals surface area contributed by atoms with Crippen LogP contribution in [0.4, 0.5) is 11.4 Å². The third-order valence-electron chi connectivity index (χ3n) is 3.49. The first-order valence-corrected chi connectivity index (χ1v) is 7.08. The summed E-state index contributed by atoms with van der Waals surface area (Å²) in [6.07, 6.45) is -0.870. The largest absolute Gasteiger partial charge is 0.458 e. The van der Waals surface area contributed by atoms with Gasteiger partial charge in [-0.15, -0.1) is 0 Å². The number of nitro benzene ring substituents is 2. The molecule has 0 radical (unpaired) electrons. The molecule has 2 atom stereocenters. The number of non-ortho nitro benzene ring substituents is 2. The van der Waals surface area contributed by atoms with E-state index in [2.05, 4.69) is 0 Å².